The second-order valence-corrected chi connectivity index (χ2v) is 2.22. The van der Waals surface area contributed by atoms with Crippen LogP contribution in [0.3, 0.4) is 0 Å². The molecule has 1 heterocycles. The largest absolute Gasteiger partial charge is 0.311 e. The van der Waals surface area contributed by atoms with Gasteiger partial charge in [-0.25, -0.2) is 0 Å². The average molecular weight is 125 g/mol. The van der Waals surface area contributed by atoms with Crippen molar-refractivity contribution in [1.82, 2.24) is 5.32 Å². The van der Waals surface area contributed by atoms with Crippen LogP contribution in [0.2, 0.25) is 0 Å². The fourth-order valence-corrected chi connectivity index (χ4v) is 1.06. The Morgan fingerprint density at radius 3 is 3.00 bits per heavy atom. The van der Waals surface area contributed by atoms with Crippen molar-refractivity contribution in [2.75, 3.05) is 6.54 Å². The Hall–Kier alpha value is -0.630. The van der Waals surface area contributed by atoms with E-state index in [0.29, 0.717) is 6.04 Å². The van der Waals surface area contributed by atoms with E-state index in [1.807, 2.05) is 6.08 Å². The highest BCUT2D eigenvalue weighted by Gasteiger charge is 2.08. The van der Waals surface area contributed by atoms with Gasteiger partial charge in [0.15, 0.2) is 0 Å². The van der Waals surface area contributed by atoms with E-state index in [-0.39, 0.29) is 0 Å². The molecule has 1 atom stereocenters. The van der Waals surface area contributed by atoms with Gasteiger partial charge < -0.3 is 5.32 Å². The summed E-state index contributed by atoms with van der Waals surface area (Å²) in [5.74, 6) is 0. The van der Waals surface area contributed by atoms with Crippen LogP contribution in [0.25, 0.3) is 0 Å². The van der Waals surface area contributed by atoms with Gasteiger partial charge in [-0.1, -0.05) is 6.08 Å². The second-order valence-electron chi connectivity index (χ2n) is 2.22. The van der Waals surface area contributed by atoms with Crippen LogP contribution in [0.15, 0.2) is 12.2 Å². The van der Waals surface area contributed by atoms with Gasteiger partial charge in [-0.05, 0) is 25.5 Å². The zero-order valence-corrected chi connectivity index (χ0v) is 5.34. The van der Waals surface area contributed by atoms with Crippen molar-refractivity contribution in [2.24, 2.45) is 0 Å². The Morgan fingerprint density at radius 1 is 1.56 bits per heavy atom. The van der Waals surface area contributed by atoms with E-state index < -0.39 is 0 Å². The van der Waals surface area contributed by atoms with E-state index in [0.717, 1.165) is 12.8 Å². The van der Waals surface area contributed by atoms with Crippen molar-refractivity contribution in [3.63, 3.8) is 0 Å². The number of carbonyl (C=O) groups excluding carboxylic acids is 1. The minimum Gasteiger partial charge on any atom is -0.311 e. The molecule has 1 aliphatic heterocycles. The van der Waals surface area contributed by atoms with Gasteiger partial charge in [0.1, 0.15) is 6.29 Å². The van der Waals surface area contributed by atoms with Gasteiger partial charge in [-0.15, -0.1) is 0 Å². The molecule has 1 N–H and O–H groups in total. The predicted octanol–water partition coefficient (Wildman–Crippen LogP) is 0.493. The average Bonchev–Trinajstić information content (AvgIpc) is 2.34. The third-order valence-electron chi connectivity index (χ3n) is 1.52. The van der Waals surface area contributed by atoms with Gasteiger partial charge in [-0.3, -0.25) is 4.79 Å². The lowest BCUT2D eigenvalue weighted by Crippen LogP contribution is -2.18. The highest BCUT2D eigenvalue weighted by atomic mass is 16.1. The van der Waals surface area contributed by atoms with Crippen LogP contribution in [0.1, 0.15) is 12.8 Å². The Labute approximate surface area is 54.9 Å². The molecule has 1 aliphatic rings. The van der Waals surface area contributed by atoms with Crippen molar-refractivity contribution in [3.05, 3.63) is 12.2 Å². The fraction of sp³-hybridized carbons (Fsp3) is 0.571. The molecule has 50 valence electrons. The zero-order valence-electron chi connectivity index (χ0n) is 5.34. The lowest BCUT2D eigenvalue weighted by Gasteiger charge is -1.99. The van der Waals surface area contributed by atoms with Crippen molar-refractivity contribution in [3.8, 4) is 0 Å². The van der Waals surface area contributed by atoms with Crippen LogP contribution >= 0.6 is 0 Å². The Balaban J connectivity index is 2.25. The molecule has 1 unspecified atom stereocenters. The summed E-state index contributed by atoms with van der Waals surface area (Å²) < 4.78 is 0. The van der Waals surface area contributed by atoms with E-state index in [9.17, 15) is 4.79 Å². The maximum absolute atomic E-state index is 9.85. The molecular weight excluding hydrogens is 114 g/mol. The summed E-state index contributed by atoms with van der Waals surface area (Å²) in [4.78, 5) is 9.85. The summed E-state index contributed by atoms with van der Waals surface area (Å²) in [6.45, 7) is 1.09. The quantitative estimate of drug-likeness (QED) is 0.430. The standard InChI is InChI=1S/C7H11NO/c9-6-2-4-7-3-1-5-8-7/h2,4,6-8H,1,3,5H2/b4-2+. The Kier molecular flexibility index (Phi) is 2.46. The van der Waals surface area contributed by atoms with Crippen LogP contribution < -0.4 is 5.32 Å². The van der Waals surface area contributed by atoms with E-state index in [1.54, 1.807) is 6.08 Å². The third kappa shape index (κ3) is 1.98. The van der Waals surface area contributed by atoms with Crippen LogP contribution in [-0.2, 0) is 4.79 Å². The molecule has 0 bridgehead atoms. The summed E-state index contributed by atoms with van der Waals surface area (Å²) in [6.07, 6.45) is 6.70. The van der Waals surface area contributed by atoms with E-state index in [4.69, 9.17) is 0 Å². The molecular formula is C7H11NO. The van der Waals surface area contributed by atoms with Crippen molar-refractivity contribution >= 4 is 6.29 Å². The molecule has 0 radical (unpaired) electrons. The lowest BCUT2D eigenvalue weighted by atomic mass is 10.2. The van der Waals surface area contributed by atoms with Gasteiger partial charge >= 0.3 is 0 Å². The molecule has 1 rings (SSSR count). The summed E-state index contributed by atoms with van der Waals surface area (Å²) in [5, 5.41) is 3.25. The molecule has 0 aliphatic carbocycles. The molecule has 0 amide bonds. The van der Waals surface area contributed by atoms with Crippen molar-refractivity contribution in [1.29, 1.82) is 0 Å². The number of carbonyl (C=O) groups is 1. The maximum atomic E-state index is 9.85. The number of aldehydes is 1. The summed E-state index contributed by atoms with van der Waals surface area (Å²) >= 11 is 0. The minimum absolute atomic E-state index is 0.454. The van der Waals surface area contributed by atoms with Gasteiger partial charge in [-0.2, -0.15) is 0 Å². The molecule has 2 heteroatoms. The number of hydrogen-bond donors (Lipinski definition) is 1. The van der Waals surface area contributed by atoms with Crippen LogP contribution in [-0.4, -0.2) is 18.9 Å². The topological polar surface area (TPSA) is 29.1 Å². The smallest absolute Gasteiger partial charge is 0.142 e. The molecule has 9 heavy (non-hydrogen) atoms. The number of hydrogen-bond acceptors (Lipinski definition) is 2. The fourth-order valence-electron chi connectivity index (χ4n) is 1.06. The van der Waals surface area contributed by atoms with Crippen LogP contribution in [0.5, 0.6) is 0 Å². The molecule has 0 spiro atoms. The minimum atomic E-state index is 0.454. The first-order valence-corrected chi connectivity index (χ1v) is 3.29. The summed E-state index contributed by atoms with van der Waals surface area (Å²) in [7, 11) is 0. The Morgan fingerprint density at radius 2 is 2.44 bits per heavy atom. The molecule has 0 aromatic heterocycles. The number of rotatable bonds is 2. The van der Waals surface area contributed by atoms with E-state index in [2.05, 4.69) is 5.32 Å². The Bertz CT molecular complexity index is 114. The highest BCUT2D eigenvalue weighted by Crippen LogP contribution is 2.04. The lowest BCUT2D eigenvalue weighted by molar-refractivity contribution is -0.104. The van der Waals surface area contributed by atoms with E-state index in [1.165, 1.54) is 12.8 Å². The number of allylic oxidation sites excluding steroid dienone is 1. The normalized spacial score (nSPS) is 27.3. The first-order chi connectivity index (χ1) is 4.43. The number of nitrogens with one attached hydrogen (secondary N) is 1. The first-order valence-electron chi connectivity index (χ1n) is 3.29. The first kappa shape index (κ1) is 6.49. The molecule has 2 nitrogen and oxygen atoms in total. The maximum Gasteiger partial charge on any atom is 0.142 e. The van der Waals surface area contributed by atoms with Crippen LogP contribution in [0, 0.1) is 0 Å². The zero-order chi connectivity index (χ0) is 6.53. The molecule has 0 aromatic rings. The molecule has 1 fully saturated rings. The third-order valence-corrected chi connectivity index (χ3v) is 1.52. The van der Waals surface area contributed by atoms with Crippen LogP contribution in [0.4, 0.5) is 0 Å². The van der Waals surface area contributed by atoms with Gasteiger partial charge in [0.2, 0.25) is 0 Å². The SMILES string of the molecule is O=C/C=C/C1CCCN1. The van der Waals surface area contributed by atoms with E-state index >= 15 is 0 Å². The highest BCUT2D eigenvalue weighted by molar-refractivity contribution is 5.64. The van der Waals surface area contributed by atoms with Crippen molar-refractivity contribution in [2.45, 2.75) is 18.9 Å². The van der Waals surface area contributed by atoms with Crippen molar-refractivity contribution < 1.29 is 4.79 Å². The van der Waals surface area contributed by atoms with Gasteiger partial charge in [0, 0.05) is 6.04 Å². The summed E-state index contributed by atoms with van der Waals surface area (Å²) in [5.41, 5.74) is 0. The van der Waals surface area contributed by atoms with Gasteiger partial charge in [0.25, 0.3) is 0 Å². The predicted molar refractivity (Wildman–Crippen MR) is 36.2 cm³/mol. The molecule has 0 aromatic carbocycles. The molecule has 1 saturated heterocycles. The second kappa shape index (κ2) is 3.41. The summed E-state index contributed by atoms with van der Waals surface area (Å²) in [6, 6.07) is 0.454. The molecule has 0 saturated carbocycles. The monoisotopic (exact) mass is 125 g/mol. The van der Waals surface area contributed by atoms with Gasteiger partial charge in [0.05, 0.1) is 0 Å².